The molecule has 2 atom stereocenters. The number of hydrogen-bond acceptors (Lipinski definition) is 3. The number of benzene rings is 1. The minimum absolute atomic E-state index is 0.173. The van der Waals surface area contributed by atoms with Crippen molar-refractivity contribution in [1.29, 1.82) is 0 Å². The SMILES string of the molecule is CC[C@H](N=[N+]=[N-])[C@H](O)COCc1ccccc1. The van der Waals surface area contributed by atoms with Crippen LogP contribution < -0.4 is 0 Å². The number of rotatable bonds is 7. The van der Waals surface area contributed by atoms with E-state index in [9.17, 15) is 5.11 Å². The van der Waals surface area contributed by atoms with E-state index in [1.165, 1.54) is 0 Å². The number of aliphatic hydroxyl groups excluding tert-OH is 1. The molecule has 5 heteroatoms. The van der Waals surface area contributed by atoms with Crippen molar-refractivity contribution < 1.29 is 9.84 Å². The van der Waals surface area contributed by atoms with Crippen LogP contribution in [-0.2, 0) is 11.3 Å². The lowest BCUT2D eigenvalue weighted by molar-refractivity contribution is 0.0155. The molecule has 0 radical (unpaired) electrons. The highest BCUT2D eigenvalue weighted by atomic mass is 16.5. The van der Waals surface area contributed by atoms with Crippen LogP contribution in [0.2, 0.25) is 0 Å². The molecule has 0 aromatic heterocycles. The Morgan fingerprint density at radius 3 is 2.71 bits per heavy atom. The Labute approximate surface area is 101 Å². The first-order valence-electron chi connectivity index (χ1n) is 5.61. The van der Waals surface area contributed by atoms with Gasteiger partial charge in [-0.2, -0.15) is 0 Å². The Morgan fingerprint density at radius 1 is 1.41 bits per heavy atom. The smallest absolute Gasteiger partial charge is 0.0858 e. The van der Waals surface area contributed by atoms with E-state index in [1.807, 2.05) is 37.3 Å². The molecule has 0 aliphatic carbocycles. The Kier molecular flexibility index (Phi) is 6.10. The second kappa shape index (κ2) is 7.68. The summed E-state index contributed by atoms with van der Waals surface area (Å²) in [6, 6.07) is 9.30. The summed E-state index contributed by atoms with van der Waals surface area (Å²) in [4.78, 5) is 2.70. The van der Waals surface area contributed by atoms with E-state index in [0.29, 0.717) is 13.0 Å². The van der Waals surface area contributed by atoms with E-state index >= 15 is 0 Å². The van der Waals surface area contributed by atoms with Gasteiger partial charge in [-0.3, -0.25) is 0 Å². The van der Waals surface area contributed by atoms with Gasteiger partial charge in [-0.15, -0.1) is 0 Å². The molecule has 17 heavy (non-hydrogen) atoms. The van der Waals surface area contributed by atoms with E-state index in [-0.39, 0.29) is 6.61 Å². The monoisotopic (exact) mass is 235 g/mol. The second-order valence-electron chi connectivity index (χ2n) is 3.75. The van der Waals surface area contributed by atoms with Crippen LogP contribution in [0.25, 0.3) is 10.4 Å². The van der Waals surface area contributed by atoms with E-state index in [1.54, 1.807) is 0 Å². The zero-order valence-corrected chi connectivity index (χ0v) is 9.86. The van der Waals surface area contributed by atoms with E-state index in [0.717, 1.165) is 5.56 Å². The summed E-state index contributed by atoms with van der Waals surface area (Å²) in [7, 11) is 0. The molecule has 1 aromatic rings. The lowest BCUT2D eigenvalue weighted by Gasteiger charge is -2.16. The summed E-state index contributed by atoms with van der Waals surface area (Å²) < 4.78 is 5.38. The first-order valence-corrected chi connectivity index (χ1v) is 5.61. The molecule has 0 fully saturated rings. The Balaban J connectivity index is 2.33. The molecule has 0 unspecified atom stereocenters. The van der Waals surface area contributed by atoms with Gasteiger partial charge in [0.05, 0.1) is 25.4 Å². The van der Waals surface area contributed by atoms with Gasteiger partial charge < -0.3 is 9.84 Å². The van der Waals surface area contributed by atoms with Gasteiger partial charge in [-0.1, -0.05) is 42.4 Å². The molecule has 5 nitrogen and oxygen atoms in total. The number of ether oxygens (including phenoxy) is 1. The molecular weight excluding hydrogens is 218 g/mol. The van der Waals surface area contributed by atoms with Crippen LogP contribution in [0.1, 0.15) is 18.9 Å². The molecule has 0 heterocycles. The molecule has 0 aliphatic rings. The fourth-order valence-electron chi connectivity index (χ4n) is 1.48. The minimum Gasteiger partial charge on any atom is -0.390 e. The number of aliphatic hydroxyl groups is 1. The van der Waals surface area contributed by atoms with Crippen molar-refractivity contribution in [2.24, 2.45) is 5.11 Å². The molecular formula is C12H17N3O2. The van der Waals surface area contributed by atoms with Gasteiger partial charge in [0.2, 0.25) is 0 Å². The highest BCUT2D eigenvalue weighted by Gasteiger charge is 2.15. The zero-order chi connectivity index (χ0) is 12.5. The van der Waals surface area contributed by atoms with Crippen molar-refractivity contribution in [3.63, 3.8) is 0 Å². The molecule has 0 amide bonds. The Morgan fingerprint density at radius 2 is 2.12 bits per heavy atom. The lowest BCUT2D eigenvalue weighted by atomic mass is 10.1. The summed E-state index contributed by atoms with van der Waals surface area (Å²) in [5.41, 5.74) is 9.38. The van der Waals surface area contributed by atoms with Gasteiger partial charge in [0.25, 0.3) is 0 Å². The standard InChI is InChI=1S/C12H17N3O2/c1-2-11(14-15-13)12(16)9-17-8-10-6-4-3-5-7-10/h3-7,11-12,16H,2,8-9H2,1H3/t11-,12+/m0/s1. The van der Waals surface area contributed by atoms with Crippen LogP contribution in [-0.4, -0.2) is 23.9 Å². The number of azide groups is 1. The average Bonchev–Trinajstić information content (AvgIpc) is 2.37. The first-order chi connectivity index (χ1) is 8.27. The Hall–Kier alpha value is -1.55. The van der Waals surface area contributed by atoms with Crippen molar-refractivity contribution in [3.05, 3.63) is 46.3 Å². The van der Waals surface area contributed by atoms with Gasteiger partial charge in [-0.25, -0.2) is 0 Å². The van der Waals surface area contributed by atoms with Crippen molar-refractivity contribution in [1.82, 2.24) is 0 Å². The summed E-state index contributed by atoms with van der Waals surface area (Å²) in [5, 5.41) is 13.2. The summed E-state index contributed by atoms with van der Waals surface area (Å²) in [6.45, 7) is 2.48. The molecule has 0 aliphatic heterocycles. The zero-order valence-electron chi connectivity index (χ0n) is 9.86. The van der Waals surface area contributed by atoms with Crippen molar-refractivity contribution in [3.8, 4) is 0 Å². The second-order valence-corrected chi connectivity index (χ2v) is 3.75. The molecule has 0 saturated carbocycles. The van der Waals surface area contributed by atoms with E-state index < -0.39 is 12.1 Å². The molecule has 1 rings (SSSR count). The summed E-state index contributed by atoms with van der Waals surface area (Å²) in [6.07, 6.45) is -0.153. The van der Waals surface area contributed by atoms with Gasteiger partial charge in [0, 0.05) is 4.91 Å². The fraction of sp³-hybridized carbons (Fsp3) is 0.500. The van der Waals surface area contributed by atoms with Crippen LogP contribution in [0.3, 0.4) is 0 Å². The topological polar surface area (TPSA) is 78.2 Å². The maximum absolute atomic E-state index is 9.73. The van der Waals surface area contributed by atoms with Gasteiger partial charge in [0.15, 0.2) is 0 Å². The van der Waals surface area contributed by atoms with Crippen LogP contribution in [0.4, 0.5) is 0 Å². The van der Waals surface area contributed by atoms with Gasteiger partial charge >= 0.3 is 0 Å². The van der Waals surface area contributed by atoms with Crippen molar-refractivity contribution >= 4 is 0 Å². The van der Waals surface area contributed by atoms with E-state index in [2.05, 4.69) is 10.0 Å². The maximum atomic E-state index is 9.73. The number of nitrogens with zero attached hydrogens (tertiary/aromatic N) is 3. The predicted molar refractivity (Wildman–Crippen MR) is 65.3 cm³/mol. The van der Waals surface area contributed by atoms with Crippen LogP contribution in [0, 0.1) is 0 Å². The largest absolute Gasteiger partial charge is 0.390 e. The molecule has 0 bridgehead atoms. The molecule has 0 spiro atoms. The highest BCUT2D eigenvalue weighted by molar-refractivity contribution is 5.13. The lowest BCUT2D eigenvalue weighted by Crippen LogP contribution is -2.28. The van der Waals surface area contributed by atoms with E-state index in [4.69, 9.17) is 10.3 Å². The predicted octanol–water partition coefficient (Wildman–Crippen LogP) is 2.65. The highest BCUT2D eigenvalue weighted by Crippen LogP contribution is 2.07. The molecule has 92 valence electrons. The van der Waals surface area contributed by atoms with Gasteiger partial charge in [-0.05, 0) is 17.5 Å². The average molecular weight is 235 g/mol. The summed E-state index contributed by atoms with van der Waals surface area (Å²) in [5.74, 6) is 0. The third-order valence-electron chi connectivity index (χ3n) is 2.46. The molecule has 1 aromatic carbocycles. The molecule has 0 saturated heterocycles. The van der Waals surface area contributed by atoms with Crippen LogP contribution in [0.5, 0.6) is 0 Å². The fourth-order valence-corrected chi connectivity index (χ4v) is 1.48. The minimum atomic E-state index is -0.750. The third-order valence-corrected chi connectivity index (χ3v) is 2.46. The third kappa shape index (κ3) is 4.87. The quantitative estimate of drug-likeness (QED) is 0.448. The van der Waals surface area contributed by atoms with Gasteiger partial charge in [0.1, 0.15) is 0 Å². The first kappa shape index (κ1) is 13.5. The van der Waals surface area contributed by atoms with Crippen molar-refractivity contribution in [2.45, 2.75) is 32.1 Å². The molecule has 1 N–H and O–H groups in total. The normalized spacial score (nSPS) is 13.8. The van der Waals surface area contributed by atoms with Crippen LogP contribution >= 0.6 is 0 Å². The number of hydrogen-bond donors (Lipinski definition) is 1. The van der Waals surface area contributed by atoms with Crippen LogP contribution in [0.15, 0.2) is 35.4 Å². The van der Waals surface area contributed by atoms with Crippen molar-refractivity contribution in [2.75, 3.05) is 6.61 Å². The maximum Gasteiger partial charge on any atom is 0.0858 e. The Bertz CT molecular complexity index is 363. The summed E-state index contributed by atoms with van der Waals surface area (Å²) >= 11 is 0.